The second kappa shape index (κ2) is 49.1. The van der Waals surface area contributed by atoms with E-state index in [-0.39, 0.29) is 25.1 Å². The lowest BCUT2D eigenvalue weighted by Gasteiger charge is -2.27. The molecule has 0 fully saturated rings. The number of unbranched alkanes of at least 4 members (excludes halogenated alkanes) is 35. The topological polar surface area (TPSA) is 111 Å². The molecule has 3 atom stereocenters. The van der Waals surface area contributed by atoms with Crippen molar-refractivity contribution in [2.45, 2.75) is 296 Å². The summed E-state index contributed by atoms with van der Waals surface area (Å²) in [4.78, 5) is 37.5. The molecule has 10 heteroatoms. The molecule has 0 saturated carbocycles. The highest BCUT2D eigenvalue weighted by atomic mass is 31.2. The van der Waals surface area contributed by atoms with E-state index in [1.165, 1.54) is 180 Å². The van der Waals surface area contributed by atoms with E-state index in [0.29, 0.717) is 23.9 Å². The Labute approximate surface area is 422 Å². The van der Waals surface area contributed by atoms with Gasteiger partial charge < -0.3 is 19.4 Å². The van der Waals surface area contributed by atoms with Crippen LogP contribution in [0.3, 0.4) is 0 Å². The summed E-state index contributed by atoms with van der Waals surface area (Å²) in [5, 5.41) is 3.04. The van der Waals surface area contributed by atoms with E-state index in [1.54, 1.807) is 0 Å². The Kier molecular flexibility index (Phi) is 48.0. The molecule has 0 radical (unpaired) electrons. The molecule has 3 unspecified atom stereocenters. The second-order valence-corrected chi connectivity index (χ2v) is 22.6. The number of esters is 1. The fourth-order valence-corrected chi connectivity index (χ4v) is 9.32. The first-order valence-corrected chi connectivity index (χ1v) is 30.7. The van der Waals surface area contributed by atoms with Crippen LogP contribution in [0, 0.1) is 0 Å². The number of rotatable bonds is 53. The van der Waals surface area contributed by atoms with Gasteiger partial charge in [-0.2, -0.15) is 0 Å². The highest BCUT2D eigenvalue weighted by Crippen LogP contribution is 2.43. The van der Waals surface area contributed by atoms with Crippen molar-refractivity contribution >= 4 is 19.7 Å². The third-order valence-corrected chi connectivity index (χ3v) is 14.1. The number of nitrogens with one attached hydrogen (secondary N) is 1. The predicted octanol–water partition coefficient (Wildman–Crippen LogP) is 17.4. The summed E-state index contributed by atoms with van der Waals surface area (Å²) < 4.78 is 30.6. The molecule has 0 aliphatic heterocycles. The number of ether oxygens (including phenoxy) is 1. The minimum atomic E-state index is -4.44. The molecule has 0 heterocycles. The highest BCUT2D eigenvalue weighted by Gasteiger charge is 2.30. The van der Waals surface area contributed by atoms with Crippen molar-refractivity contribution in [3.05, 3.63) is 24.3 Å². The number of nitrogens with zero attached hydrogens (tertiary/aromatic N) is 1. The van der Waals surface area contributed by atoms with Gasteiger partial charge in [-0.15, -0.1) is 0 Å². The molecule has 9 nitrogen and oxygen atoms in total. The smallest absolute Gasteiger partial charge is 0.456 e. The zero-order valence-corrected chi connectivity index (χ0v) is 46.8. The van der Waals surface area contributed by atoms with Gasteiger partial charge in [-0.1, -0.05) is 238 Å². The maximum absolute atomic E-state index is 13.5. The van der Waals surface area contributed by atoms with E-state index in [9.17, 15) is 19.0 Å². The zero-order valence-electron chi connectivity index (χ0n) is 45.9. The maximum Gasteiger partial charge on any atom is 0.472 e. The molecule has 0 aliphatic rings. The van der Waals surface area contributed by atoms with Gasteiger partial charge in [0.25, 0.3) is 0 Å². The summed E-state index contributed by atoms with van der Waals surface area (Å²) in [5.74, 6) is -0.511. The summed E-state index contributed by atoms with van der Waals surface area (Å²) in [5.41, 5.74) is 0. The van der Waals surface area contributed by atoms with Crippen molar-refractivity contribution < 1.29 is 37.3 Å². The maximum atomic E-state index is 13.5. The zero-order chi connectivity index (χ0) is 50.1. The van der Waals surface area contributed by atoms with Crippen LogP contribution in [0.4, 0.5) is 0 Å². The largest absolute Gasteiger partial charge is 0.472 e. The molecule has 0 saturated heterocycles. The molecule has 0 rings (SSSR count). The molecular weight excluding hydrogens is 868 g/mol. The summed E-state index contributed by atoms with van der Waals surface area (Å²) in [6.45, 7) is 7.02. The van der Waals surface area contributed by atoms with Gasteiger partial charge in [0, 0.05) is 12.8 Å². The van der Waals surface area contributed by atoms with Gasteiger partial charge in [-0.05, 0) is 57.4 Å². The van der Waals surface area contributed by atoms with Crippen molar-refractivity contribution in [3.8, 4) is 0 Å². The number of quaternary nitrogens is 1. The summed E-state index contributed by atoms with van der Waals surface area (Å²) in [6.07, 6.45) is 56.0. The van der Waals surface area contributed by atoms with Gasteiger partial charge in [0.1, 0.15) is 19.3 Å². The van der Waals surface area contributed by atoms with Gasteiger partial charge in [0.05, 0.1) is 33.8 Å². The number of carbonyl (C=O) groups is 2. The minimum Gasteiger partial charge on any atom is -0.456 e. The van der Waals surface area contributed by atoms with Crippen LogP contribution in [0.25, 0.3) is 0 Å². The van der Waals surface area contributed by atoms with Crippen LogP contribution in [0.5, 0.6) is 0 Å². The van der Waals surface area contributed by atoms with Gasteiger partial charge in [0.15, 0.2) is 0 Å². The van der Waals surface area contributed by atoms with E-state index >= 15 is 0 Å². The number of carbonyl (C=O) groups excluding carboxylic acids is 2. The molecule has 0 aromatic heterocycles. The Hall–Kier alpha value is -1.51. The fraction of sp³-hybridized carbons (Fsp3) is 0.897. The van der Waals surface area contributed by atoms with Crippen LogP contribution in [-0.4, -0.2) is 74.3 Å². The van der Waals surface area contributed by atoms with Crippen molar-refractivity contribution in [3.63, 3.8) is 0 Å². The number of hydrogen-bond acceptors (Lipinski definition) is 6. The van der Waals surface area contributed by atoms with Crippen molar-refractivity contribution in [1.82, 2.24) is 5.32 Å². The Bertz CT molecular complexity index is 1220. The lowest BCUT2D eigenvalue weighted by molar-refractivity contribution is -0.870. The van der Waals surface area contributed by atoms with Crippen LogP contribution in [-0.2, 0) is 27.9 Å². The average Bonchev–Trinajstić information content (AvgIpc) is 3.29. The Morgan fingerprint density at radius 1 is 0.500 bits per heavy atom. The average molecular weight is 983 g/mol. The van der Waals surface area contributed by atoms with Crippen molar-refractivity contribution in [1.29, 1.82) is 0 Å². The first-order valence-electron chi connectivity index (χ1n) is 29.2. The van der Waals surface area contributed by atoms with Gasteiger partial charge in [0.2, 0.25) is 5.91 Å². The number of phosphoric acid groups is 1. The van der Waals surface area contributed by atoms with Crippen LogP contribution in [0.15, 0.2) is 24.3 Å². The normalized spacial score (nSPS) is 13.9. The van der Waals surface area contributed by atoms with E-state index < -0.39 is 20.0 Å². The summed E-state index contributed by atoms with van der Waals surface area (Å²) >= 11 is 0. The van der Waals surface area contributed by atoms with Crippen LogP contribution in [0.1, 0.15) is 284 Å². The highest BCUT2D eigenvalue weighted by molar-refractivity contribution is 7.47. The lowest BCUT2D eigenvalue weighted by atomic mass is 10.0. The molecule has 0 aromatic carbocycles. The first kappa shape index (κ1) is 66.5. The fourth-order valence-electron chi connectivity index (χ4n) is 8.58. The monoisotopic (exact) mass is 982 g/mol. The molecule has 1 amide bonds. The molecule has 0 spiro atoms. The van der Waals surface area contributed by atoms with Gasteiger partial charge in [-0.25, -0.2) is 4.57 Å². The summed E-state index contributed by atoms with van der Waals surface area (Å²) in [6, 6.07) is -0.849. The van der Waals surface area contributed by atoms with E-state index in [1.807, 2.05) is 33.3 Å². The Morgan fingerprint density at radius 2 is 0.853 bits per heavy atom. The second-order valence-electron chi connectivity index (χ2n) is 21.2. The Morgan fingerprint density at radius 3 is 1.26 bits per heavy atom. The summed E-state index contributed by atoms with van der Waals surface area (Å²) in [7, 11) is 1.50. The molecule has 0 aliphatic carbocycles. The number of amides is 1. The van der Waals surface area contributed by atoms with E-state index in [0.717, 1.165) is 70.6 Å². The van der Waals surface area contributed by atoms with Crippen LogP contribution < -0.4 is 5.32 Å². The first-order chi connectivity index (χ1) is 32.9. The van der Waals surface area contributed by atoms with Crippen LogP contribution >= 0.6 is 7.82 Å². The third-order valence-electron chi connectivity index (χ3n) is 13.1. The predicted molar refractivity (Wildman–Crippen MR) is 291 cm³/mol. The molecular formula is C58H114N2O7P+. The third kappa shape index (κ3) is 49.5. The van der Waals surface area contributed by atoms with E-state index in [4.69, 9.17) is 13.8 Å². The molecule has 402 valence electrons. The quantitative estimate of drug-likeness (QED) is 0.0205. The van der Waals surface area contributed by atoms with Crippen molar-refractivity contribution in [2.75, 3.05) is 40.9 Å². The van der Waals surface area contributed by atoms with E-state index in [2.05, 4.69) is 38.2 Å². The van der Waals surface area contributed by atoms with Crippen LogP contribution in [0.2, 0.25) is 0 Å². The Balaban J connectivity index is 5.29. The minimum absolute atomic E-state index is 0.0407. The molecule has 0 aromatic rings. The number of phosphoric ester groups is 1. The van der Waals surface area contributed by atoms with Gasteiger partial charge in [-0.3, -0.25) is 18.6 Å². The molecule has 68 heavy (non-hydrogen) atoms. The molecule has 0 bridgehead atoms. The number of hydrogen-bond donors (Lipinski definition) is 2. The molecule has 2 N–H and O–H groups in total. The number of allylic oxidation sites excluding steroid dienone is 3. The standard InChI is InChI=1S/C58H113N2O7P/c1-7-10-13-16-19-22-25-27-29-30-31-33-36-39-42-45-48-51-58(62)67-56(49-46-43-40-37-34-24-21-18-15-12-9-3)55(54-66-68(63,64)65-53-52-60(4,5)6)59-57(61)50-47-44-41-38-35-32-28-26-23-20-17-14-11-8-2/h32,35,46,49,55-56H,7-31,33-34,36-45,47-48,50-54H2,1-6H3,(H-,59,61,63,64)/p+1/b35-32-,49-46+. The SMILES string of the molecule is CCCCCCCCC/C=C\CCCCCC(=O)NC(COP(=O)(O)OCC[N+](C)(C)C)C(/C=C/CCCCCCCCCCC)OC(=O)CCCCCCCCCCCCCCCCCCC. The number of likely N-dealkylation sites (N-methyl/N-ethyl adjacent to an activating group) is 1. The lowest BCUT2D eigenvalue weighted by Crippen LogP contribution is -2.47. The van der Waals surface area contributed by atoms with Gasteiger partial charge >= 0.3 is 13.8 Å². The van der Waals surface area contributed by atoms with Crippen molar-refractivity contribution in [2.24, 2.45) is 0 Å².